The Bertz CT molecular complexity index is 757. The maximum atomic E-state index is 4.73. The summed E-state index contributed by atoms with van der Waals surface area (Å²) in [5.41, 5.74) is 4.00. The molecule has 2 aromatic rings. The molecule has 6 heteroatoms. The third-order valence-corrected chi connectivity index (χ3v) is 4.90. The van der Waals surface area contributed by atoms with Crippen LogP contribution in [0.5, 0.6) is 0 Å². The molecule has 6 nitrogen and oxygen atoms in total. The molecule has 3 rings (SSSR count). The zero-order chi connectivity index (χ0) is 19.1. The molecule has 1 aliphatic rings. The first-order chi connectivity index (χ1) is 13.2. The molecule has 0 unspecified atom stereocenters. The van der Waals surface area contributed by atoms with Crippen LogP contribution in [0, 0.1) is 13.8 Å². The highest BCUT2D eigenvalue weighted by atomic mass is 15.3. The summed E-state index contributed by atoms with van der Waals surface area (Å²) in [6, 6.07) is 6.72. The average Bonchev–Trinajstić information content (AvgIpc) is 2.85. The molecule has 1 aliphatic heterocycles. The first-order valence-corrected chi connectivity index (χ1v) is 10.2. The predicted octanol–water partition coefficient (Wildman–Crippen LogP) is 2.92. The minimum atomic E-state index is 0.561. The fraction of sp³-hybridized carbons (Fsp3) is 0.571. The summed E-state index contributed by atoms with van der Waals surface area (Å²) in [6.45, 7) is 9.66. The van der Waals surface area contributed by atoms with Crippen molar-refractivity contribution in [3.63, 3.8) is 0 Å². The van der Waals surface area contributed by atoms with E-state index < -0.39 is 0 Å². The highest BCUT2D eigenvalue weighted by molar-refractivity contribution is 5.79. The number of aromatic nitrogens is 3. The molecule has 0 atom stereocenters. The molecular formula is C21H32N6. The normalized spacial score (nSPS) is 14.6. The van der Waals surface area contributed by atoms with Crippen molar-refractivity contribution in [1.82, 2.24) is 25.4 Å². The van der Waals surface area contributed by atoms with Gasteiger partial charge in [-0.15, -0.1) is 10.2 Å². The molecule has 2 N–H and O–H groups in total. The van der Waals surface area contributed by atoms with E-state index in [0.717, 1.165) is 50.1 Å². The first-order valence-electron chi connectivity index (χ1n) is 10.2. The lowest BCUT2D eigenvalue weighted by molar-refractivity contribution is 0.605. The van der Waals surface area contributed by atoms with Crippen LogP contribution in [0.4, 0.5) is 0 Å². The monoisotopic (exact) mass is 368 g/mol. The van der Waals surface area contributed by atoms with E-state index >= 15 is 0 Å². The maximum Gasteiger partial charge on any atom is 0.191 e. The van der Waals surface area contributed by atoms with Crippen LogP contribution in [-0.4, -0.2) is 33.8 Å². The van der Waals surface area contributed by atoms with Gasteiger partial charge in [-0.3, -0.25) is 0 Å². The van der Waals surface area contributed by atoms with Gasteiger partial charge in [-0.1, -0.05) is 35.7 Å². The van der Waals surface area contributed by atoms with Crippen LogP contribution >= 0.6 is 0 Å². The summed E-state index contributed by atoms with van der Waals surface area (Å²) in [4.78, 5) is 4.73. The fourth-order valence-corrected chi connectivity index (χ4v) is 3.69. The third kappa shape index (κ3) is 5.55. The van der Waals surface area contributed by atoms with Crippen molar-refractivity contribution in [2.45, 2.75) is 66.0 Å². The molecule has 0 amide bonds. The van der Waals surface area contributed by atoms with Gasteiger partial charge in [-0.25, -0.2) is 4.99 Å². The SMILES string of the molecule is CCNC(=NCc1nnc2n1CCCCC2)NCCc1cc(C)cc(C)c1. The smallest absolute Gasteiger partial charge is 0.191 e. The summed E-state index contributed by atoms with van der Waals surface area (Å²) in [5.74, 6) is 2.93. The number of rotatable bonds is 6. The van der Waals surface area contributed by atoms with E-state index in [9.17, 15) is 0 Å². The molecule has 146 valence electrons. The Labute approximate surface area is 162 Å². The second kappa shape index (κ2) is 9.53. The lowest BCUT2D eigenvalue weighted by Gasteiger charge is -2.12. The Balaban J connectivity index is 1.59. The maximum absolute atomic E-state index is 4.73. The molecule has 2 heterocycles. The number of nitrogens with zero attached hydrogens (tertiary/aromatic N) is 4. The summed E-state index contributed by atoms with van der Waals surface area (Å²) >= 11 is 0. The van der Waals surface area contributed by atoms with Crippen molar-refractivity contribution in [3.05, 3.63) is 46.5 Å². The molecule has 1 aromatic carbocycles. The van der Waals surface area contributed by atoms with E-state index in [4.69, 9.17) is 4.99 Å². The fourth-order valence-electron chi connectivity index (χ4n) is 3.69. The Hall–Kier alpha value is -2.37. The number of nitrogens with one attached hydrogen (secondary N) is 2. The number of guanidine groups is 1. The number of fused-ring (bicyclic) bond motifs is 1. The van der Waals surface area contributed by atoms with Crippen molar-refractivity contribution in [3.8, 4) is 0 Å². The molecule has 0 radical (unpaired) electrons. The Morgan fingerprint density at radius 2 is 1.89 bits per heavy atom. The second-order valence-electron chi connectivity index (χ2n) is 7.36. The number of aryl methyl sites for hydroxylation is 3. The highest BCUT2D eigenvalue weighted by Gasteiger charge is 2.14. The van der Waals surface area contributed by atoms with Crippen LogP contribution in [0.15, 0.2) is 23.2 Å². The van der Waals surface area contributed by atoms with E-state index in [2.05, 4.69) is 64.4 Å². The van der Waals surface area contributed by atoms with Gasteiger partial charge in [-0.2, -0.15) is 0 Å². The first kappa shape index (κ1) is 19.4. The summed E-state index contributed by atoms with van der Waals surface area (Å²) in [7, 11) is 0. The Kier molecular flexibility index (Phi) is 6.85. The third-order valence-electron chi connectivity index (χ3n) is 4.90. The van der Waals surface area contributed by atoms with Crippen LogP contribution in [0.1, 0.15) is 54.5 Å². The molecule has 0 saturated carbocycles. The minimum Gasteiger partial charge on any atom is -0.357 e. The van der Waals surface area contributed by atoms with E-state index in [1.54, 1.807) is 0 Å². The van der Waals surface area contributed by atoms with Gasteiger partial charge in [-0.05, 0) is 45.6 Å². The summed E-state index contributed by atoms with van der Waals surface area (Å²) < 4.78 is 2.26. The molecule has 0 aliphatic carbocycles. The largest absolute Gasteiger partial charge is 0.357 e. The van der Waals surface area contributed by atoms with Gasteiger partial charge in [0.1, 0.15) is 12.4 Å². The van der Waals surface area contributed by atoms with Gasteiger partial charge in [0.2, 0.25) is 0 Å². The van der Waals surface area contributed by atoms with Crippen LogP contribution in [0.25, 0.3) is 0 Å². The number of hydrogen-bond donors (Lipinski definition) is 2. The molecule has 1 aromatic heterocycles. The van der Waals surface area contributed by atoms with Crippen LogP contribution in [-0.2, 0) is 25.9 Å². The standard InChI is InChI=1S/C21H32N6/c1-4-22-21(23-10-9-18-13-16(2)12-17(3)14-18)24-15-20-26-25-19-8-6-5-7-11-27(19)20/h12-14H,4-11,15H2,1-3H3,(H2,22,23,24). The molecule has 0 saturated heterocycles. The molecule has 0 bridgehead atoms. The highest BCUT2D eigenvalue weighted by Crippen LogP contribution is 2.14. The van der Waals surface area contributed by atoms with Crippen LogP contribution in [0.2, 0.25) is 0 Å². The summed E-state index contributed by atoms with van der Waals surface area (Å²) in [6.07, 6.45) is 5.70. The lowest BCUT2D eigenvalue weighted by atomic mass is 10.1. The van der Waals surface area contributed by atoms with Crippen LogP contribution in [0.3, 0.4) is 0 Å². The van der Waals surface area contributed by atoms with E-state index in [1.165, 1.54) is 36.0 Å². The minimum absolute atomic E-state index is 0.561. The number of benzene rings is 1. The van der Waals surface area contributed by atoms with Crippen LogP contribution < -0.4 is 10.6 Å². The molecular weight excluding hydrogens is 336 g/mol. The van der Waals surface area contributed by atoms with E-state index in [-0.39, 0.29) is 0 Å². The van der Waals surface area contributed by atoms with Gasteiger partial charge < -0.3 is 15.2 Å². The van der Waals surface area contributed by atoms with Gasteiger partial charge in [0.15, 0.2) is 11.8 Å². The lowest BCUT2D eigenvalue weighted by Crippen LogP contribution is -2.38. The van der Waals surface area contributed by atoms with Gasteiger partial charge in [0, 0.05) is 26.1 Å². The van der Waals surface area contributed by atoms with Gasteiger partial charge >= 0.3 is 0 Å². The quantitative estimate of drug-likeness (QED) is 0.608. The zero-order valence-corrected chi connectivity index (χ0v) is 16.9. The van der Waals surface area contributed by atoms with E-state index in [1.807, 2.05) is 0 Å². The molecule has 27 heavy (non-hydrogen) atoms. The number of hydrogen-bond acceptors (Lipinski definition) is 3. The zero-order valence-electron chi connectivity index (χ0n) is 16.9. The Morgan fingerprint density at radius 1 is 1.07 bits per heavy atom. The van der Waals surface area contributed by atoms with Crippen molar-refractivity contribution in [2.24, 2.45) is 4.99 Å². The summed E-state index contributed by atoms with van der Waals surface area (Å²) in [5, 5.41) is 15.5. The predicted molar refractivity (Wildman–Crippen MR) is 110 cm³/mol. The second-order valence-corrected chi connectivity index (χ2v) is 7.36. The molecule has 0 fully saturated rings. The topological polar surface area (TPSA) is 67.1 Å². The number of aliphatic imine (C=N–C) groups is 1. The average molecular weight is 369 g/mol. The Morgan fingerprint density at radius 3 is 2.67 bits per heavy atom. The van der Waals surface area contributed by atoms with Gasteiger partial charge in [0.05, 0.1) is 0 Å². The van der Waals surface area contributed by atoms with E-state index in [0.29, 0.717) is 6.54 Å². The van der Waals surface area contributed by atoms with Crippen molar-refractivity contribution < 1.29 is 0 Å². The van der Waals surface area contributed by atoms with Gasteiger partial charge in [0.25, 0.3) is 0 Å². The molecule has 0 spiro atoms. The van der Waals surface area contributed by atoms with Crippen molar-refractivity contribution in [1.29, 1.82) is 0 Å². The van der Waals surface area contributed by atoms with Crippen molar-refractivity contribution in [2.75, 3.05) is 13.1 Å². The van der Waals surface area contributed by atoms with Crippen molar-refractivity contribution >= 4 is 5.96 Å².